The molecule has 0 saturated heterocycles. The molecule has 0 unspecified atom stereocenters. The van der Waals surface area contributed by atoms with Crippen molar-refractivity contribution in [1.82, 2.24) is 9.97 Å². The average Bonchev–Trinajstić information content (AvgIpc) is 2.35. The van der Waals surface area contributed by atoms with Gasteiger partial charge in [-0.25, -0.2) is 14.4 Å². The number of hydrogen-bond donors (Lipinski definition) is 0. The van der Waals surface area contributed by atoms with Gasteiger partial charge in [-0.15, -0.1) is 0 Å². The number of ether oxygens (including phenoxy) is 1. The molecule has 0 aliphatic rings. The minimum Gasteiger partial charge on any atom is -0.424 e. The largest absolute Gasteiger partial charge is 0.424 e. The number of aromatic nitrogens is 2. The smallest absolute Gasteiger partial charge is 0.321 e. The molecule has 0 bridgehead atoms. The minimum atomic E-state index is -0.306. The summed E-state index contributed by atoms with van der Waals surface area (Å²) in [7, 11) is 0. The molecule has 17 heavy (non-hydrogen) atoms. The Bertz CT molecular complexity index is 516. The Morgan fingerprint density at radius 3 is 2.59 bits per heavy atom. The fourth-order valence-electron chi connectivity index (χ4n) is 1.21. The first kappa shape index (κ1) is 12.0. The number of benzene rings is 1. The van der Waals surface area contributed by atoms with Crippen LogP contribution in [0.15, 0.2) is 30.6 Å². The monoisotopic (exact) mass is 296 g/mol. The molecule has 2 aromatic rings. The van der Waals surface area contributed by atoms with Crippen LogP contribution in [-0.4, -0.2) is 9.97 Å². The van der Waals surface area contributed by atoms with Gasteiger partial charge in [0.25, 0.3) is 0 Å². The molecule has 0 saturated carbocycles. The third-order valence-corrected chi connectivity index (χ3v) is 2.84. The van der Waals surface area contributed by atoms with Crippen molar-refractivity contribution >= 4 is 15.9 Å². The fourth-order valence-corrected chi connectivity index (χ4v) is 1.50. The van der Waals surface area contributed by atoms with Crippen LogP contribution >= 0.6 is 15.9 Å². The van der Waals surface area contributed by atoms with Gasteiger partial charge in [0.15, 0.2) is 0 Å². The maximum atomic E-state index is 13.3. The van der Waals surface area contributed by atoms with Gasteiger partial charge in [0.05, 0.1) is 0 Å². The average molecular weight is 297 g/mol. The second-order valence-corrected chi connectivity index (χ2v) is 4.08. The molecular formula is C12H10BrFN2O. The lowest BCUT2D eigenvalue weighted by molar-refractivity contribution is 0.437. The molecule has 0 aliphatic carbocycles. The summed E-state index contributed by atoms with van der Waals surface area (Å²) in [5.74, 6) is 0.0827. The molecule has 0 spiro atoms. The van der Waals surface area contributed by atoms with E-state index in [9.17, 15) is 4.39 Å². The maximum absolute atomic E-state index is 13.3. The van der Waals surface area contributed by atoms with Crippen LogP contribution in [0.25, 0.3) is 0 Å². The van der Waals surface area contributed by atoms with E-state index in [-0.39, 0.29) is 11.8 Å². The summed E-state index contributed by atoms with van der Waals surface area (Å²) < 4.78 is 18.6. The van der Waals surface area contributed by atoms with Crippen molar-refractivity contribution in [2.75, 3.05) is 0 Å². The van der Waals surface area contributed by atoms with Gasteiger partial charge >= 0.3 is 6.01 Å². The highest BCUT2D eigenvalue weighted by Gasteiger charge is 2.03. The number of aryl methyl sites for hydroxylation is 1. The van der Waals surface area contributed by atoms with Gasteiger partial charge in [-0.05, 0) is 24.1 Å². The van der Waals surface area contributed by atoms with E-state index in [4.69, 9.17) is 4.74 Å². The van der Waals surface area contributed by atoms with Crippen LogP contribution in [0.1, 0.15) is 11.1 Å². The van der Waals surface area contributed by atoms with Crippen LogP contribution in [0.4, 0.5) is 4.39 Å². The lowest BCUT2D eigenvalue weighted by Gasteiger charge is -2.04. The Morgan fingerprint density at radius 1 is 1.29 bits per heavy atom. The first-order chi connectivity index (χ1) is 8.19. The summed E-state index contributed by atoms with van der Waals surface area (Å²) in [6, 6.07) is 4.85. The molecule has 0 aliphatic heterocycles. The highest BCUT2D eigenvalue weighted by atomic mass is 79.9. The van der Waals surface area contributed by atoms with Gasteiger partial charge in [0, 0.05) is 23.8 Å². The highest BCUT2D eigenvalue weighted by Crippen LogP contribution is 2.20. The second-order valence-electron chi connectivity index (χ2n) is 3.52. The first-order valence-electron chi connectivity index (χ1n) is 5.00. The molecule has 0 radical (unpaired) electrons. The van der Waals surface area contributed by atoms with E-state index in [1.807, 2.05) is 0 Å². The Kier molecular flexibility index (Phi) is 3.68. The van der Waals surface area contributed by atoms with Gasteiger partial charge in [-0.3, -0.25) is 0 Å². The standard InChI is InChI=1S/C12H10BrFN2O/c1-8-2-3-10(4-11(8)14)17-12-15-6-9(5-13)7-16-12/h2-4,6-7H,5H2,1H3. The number of nitrogens with zero attached hydrogens (tertiary/aromatic N) is 2. The summed E-state index contributed by atoms with van der Waals surface area (Å²) in [4.78, 5) is 8.02. The predicted molar refractivity (Wildman–Crippen MR) is 65.9 cm³/mol. The normalized spacial score (nSPS) is 10.3. The molecule has 0 amide bonds. The zero-order valence-electron chi connectivity index (χ0n) is 9.15. The third kappa shape index (κ3) is 3.00. The Hall–Kier alpha value is -1.49. The van der Waals surface area contributed by atoms with Crippen LogP contribution < -0.4 is 4.74 Å². The zero-order valence-corrected chi connectivity index (χ0v) is 10.7. The third-order valence-electron chi connectivity index (χ3n) is 2.19. The van der Waals surface area contributed by atoms with Gasteiger partial charge in [0.1, 0.15) is 11.6 Å². The van der Waals surface area contributed by atoms with Crippen molar-refractivity contribution in [3.05, 3.63) is 47.5 Å². The minimum absolute atomic E-state index is 0.206. The topological polar surface area (TPSA) is 35.0 Å². The molecule has 2 rings (SSSR count). The van der Waals surface area contributed by atoms with Crippen molar-refractivity contribution in [1.29, 1.82) is 0 Å². The lowest BCUT2D eigenvalue weighted by atomic mass is 10.2. The van der Waals surface area contributed by atoms with Gasteiger partial charge in [-0.2, -0.15) is 0 Å². The molecular weight excluding hydrogens is 287 g/mol. The maximum Gasteiger partial charge on any atom is 0.321 e. The van der Waals surface area contributed by atoms with E-state index in [2.05, 4.69) is 25.9 Å². The molecule has 0 atom stereocenters. The molecule has 0 fully saturated rings. The summed E-state index contributed by atoms with van der Waals surface area (Å²) in [6.07, 6.45) is 3.31. The van der Waals surface area contributed by atoms with Crippen LogP contribution in [0.5, 0.6) is 11.8 Å². The van der Waals surface area contributed by atoms with E-state index in [0.29, 0.717) is 16.6 Å². The number of rotatable bonds is 3. The molecule has 88 valence electrons. The molecule has 5 heteroatoms. The van der Waals surface area contributed by atoms with E-state index in [1.54, 1.807) is 31.5 Å². The van der Waals surface area contributed by atoms with Gasteiger partial charge in [0.2, 0.25) is 0 Å². The van der Waals surface area contributed by atoms with E-state index in [0.717, 1.165) is 5.56 Å². The second kappa shape index (κ2) is 5.23. The van der Waals surface area contributed by atoms with E-state index < -0.39 is 0 Å². The van der Waals surface area contributed by atoms with Gasteiger partial charge in [-0.1, -0.05) is 22.0 Å². The Morgan fingerprint density at radius 2 is 2.00 bits per heavy atom. The van der Waals surface area contributed by atoms with Crippen molar-refractivity contribution < 1.29 is 9.13 Å². The van der Waals surface area contributed by atoms with Crippen molar-refractivity contribution in [2.24, 2.45) is 0 Å². The molecule has 1 heterocycles. The number of hydrogen-bond acceptors (Lipinski definition) is 3. The summed E-state index contributed by atoms with van der Waals surface area (Å²) >= 11 is 3.30. The quantitative estimate of drug-likeness (QED) is 0.812. The van der Waals surface area contributed by atoms with Crippen LogP contribution in [0, 0.1) is 12.7 Å². The number of alkyl halides is 1. The predicted octanol–water partition coefficient (Wildman–Crippen LogP) is 3.61. The number of halogens is 2. The van der Waals surface area contributed by atoms with E-state index in [1.165, 1.54) is 6.07 Å². The summed E-state index contributed by atoms with van der Waals surface area (Å²) in [5.41, 5.74) is 1.53. The van der Waals surface area contributed by atoms with Crippen LogP contribution in [-0.2, 0) is 5.33 Å². The van der Waals surface area contributed by atoms with E-state index >= 15 is 0 Å². The Balaban J connectivity index is 2.16. The van der Waals surface area contributed by atoms with Gasteiger partial charge < -0.3 is 4.74 Å². The SMILES string of the molecule is Cc1ccc(Oc2ncc(CBr)cn2)cc1F. The first-order valence-corrected chi connectivity index (χ1v) is 6.12. The summed E-state index contributed by atoms with van der Waals surface area (Å²) in [5, 5.41) is 0.687. The van der Waals surface area contributed by atoms with Crippen molar-refractivity contribution in [3.8, 4) is 11.8 Å². The molecule has 1 aromatic carbocycles. The highest BCUT2D eigenvalue weighted by molar-refractivity contribution is 9.08. The van der Waals surface area contributed by atoms with Crippen LogP contribution in [0.3, 0.4) is 0 Å². The van der Waals surface area contributed by atoms with Crippen LogP contribution in [0.2, 0.25) is 0 Å². The molecule has 3 nitrogen and oxygen atoms in total. The fraction of sp³-hybridized carbons (Fsp3) is 0.167. The van der Waals surface area contributed by atoms with Crippen molar-refractivity contribution in [2.45, 2.75) is 12.3 Å². The lowest BCUT2D eigenvalue weighted by Crippen LogP contribution is -1.93. The van der Waals surface area contributed by atoms with Crippen molar-refractivity contribution in [3.63, 3.8) is 0 Å². The molecule has 1 aromatic heterocycles. The Labute approximate surface area is 107 Å². The summed E-state index contributed by atoms with van der Waals surface area (Å²) in [6.45, 7) is 1.69. The molecule has 0 N–H and O–H groups in total. The zero-order chi connectivity index (χ0) is 12.3.